The van der Waals surface area contributed by atoms with Gasteiger partial charge in [0.15, 0.2) is 0 Å². The van der Waals surface area contributed by atoms with Crippen molar-refractivity contribution >= 4 is 11.4 Å². The first-order chi connectivity index (χ1) is 11.4. The van der Waals surface area contributed by atoms with Crippen molar-refractivity contribution < 1.29 is 0 Å². The summed E-state index contributed by atoms with van der Waals surface area (Å²) in [5.41, 5.74) is 7.96. The maximum Gasteiger partial charge on any atom is 0.132 e. The molecular formula is C18H17N5. The highest BCUT2D eigenvalue weighted by molar-refractivity contribution is 6.01. The first-order valence-corrected chi connectivity index (χ1v) is 7.80. The molecular weight excluding hydrogens is 286 g/mol. The first-order valence-electron chi connectivity index (χ1n) is 7.80. The zero-order valence-corrected chi connectivity index (χ0v) is 12.7. The molecule has 0 aliphatic heterocycles. The van der Waals surface area contributed by atoms with Gasteiger partial charge in [-0.15, -0.1) is 5.10 Å². The summed E-state index contributed by atoms with van der Waals surface area (Å²) in [4.78, 5) is 1.70. The van der Waals surface area contributed by atoms with E-state index >= 15 is 0 Å². The number of para-hydroxylation sites is 2. The van der Waals surface area contributed by atoms with E-state index in [-0.39, 0.29) is 0 Å². The van der Waals surface area contributed by atoms with Gasteiger partial charge in [0, 0.05) is 0 Å². The third-order valence-electron chi connectivity index (χ3n) is 3.86. The van der Waals surface area contributed by atoms with Gasteiger partial charge in [-0.2, -0.15) is 15.0 Å². The third-order valence-corrected chi connectivity index (χ3v) is 3.86. The number of aromatic nitrogens is 3. The van der Waals surface area contributed by atoms with Crippen LogP contribution < -0.4 is 5.43 Å². The second kappa shape index (κ2) is 6.04. The number of fused-ring (bicyclic) bond motifs is 1. The van der Waals surface area contributed by atoms with Crippen molar-refractivity contribution in [2.45, 2.75) is 19.3 Å². The predicted octanol–water partition coefficient (Wildman–Crippen LogP) is 3.42. The minimum absolute atomic E-state index is 0.906. The molecule has 4 rings (SSSR count). The number of nitrogens with zero attached hydrogens (tertiary/aromatic N) is 4. The molecule has 1 aromatic heterocycles. The average Bonchev–Trinajstić information content (AvgIpc) is 3.06. The van der Waals surface area contributed by atoms with Gasteiger partial charge >= 0.3 is 0 Å². The molecule has 1 aliphatic rings. The fourth-order valence-corrected chi connectivity index (χ4v) is 2.70. The molecule has 1 heterocycles. The zero-order chi connectivity index (χ0) is 15.5. The monoisotopic (exact) mass is 303 g/mol. The lowest BCUT2D eigenvalue weighted by Crippen LogP contribution is -2.13. The van der Waals surface area contributed by atoms with Crippen LogP contribution in [-0.2, 0) is 6.42 Å². The van der Waals surface area contributed by atoms with Crippen LogP contribution >= 0.6 is 0 Å². The molecule has 3 aromatic rings. The molecule has 0 radical (unpaired) electrons. The fraction of sp³-hybridized carbons (Fsp3) is 0.167. The van der Waals surface area contributed by atoms with E-state index in [4.69, 9.17) is 0 Å². The Morgan fingerprint density at radius 2 is 1.61 bits per heavy atom. The van der Waals surface area contributed by atoms with Crippen LogP contribution in [0.25, 0.3) is 5.69 Å². The molecule has 0 amide bonds. The van der Waals surface area contributed by atoms with Crippen molar-refractivity contribution in [2.75, 3.05) is 5.43 Å². The third kappa shape index (κ3) is 2.85. The number of hydrogen-bond donors (Lipinski definition) is 1. The van der Waals surface area contributed by atoms with Gasteiger partial charge in [0.1, 0.15) is 5.69 Å². The van der Waals surface area contributed by atoms with Crippen LogP contribution in [0, 0.1) is 0 Å². The highest BCUT2D eigenvalue weighted by Gasteiger charge is 2.22. The van der Waals surface area contributed by atoms with E-state index in [9.17, 15) is 0 Å². The SMILES string of the molecule is c1ccc(NN=C2CCCc3nn(-c4ccccc4)nc32)cc1. The number of benzene rings is 2. The van der Waals surface area contributed by atoms with E-state index in [1.807, 2.05) is 60.7 Å². The number of nitrogens with one attached hydrogen (secondary N) is 1. The van der Waals surface area contributed by atoms with Crippen molar-refractivity contribution in [1.29, 1.82) is 0 Å². The number of hydrazone groups is 1. The molecule has 2 aromatic carbocycles. The van der Waals surface area contributed by atoms with Gasteiger partial charge in [-0.05, 0) is 43.5 Å². The maximum absolute atomic E-state index is 4.65. The topological polar surface area (TPSA) is 55.1 Å². The molecule has 0 fully saturated rings. The van der Waals surface area contributed by atoms with Crippen LogP contribution in [0.3, 0.4) is 0 Å². The number of anilines is 1. The molecule has 0 atom stereocenters. The smallest absolute Gasteiger partial charge is 0.132 e. The molecule has 5 nitrogen and oxygen atoms in total. The molecule has 0 bridgehead atoms. The van der Waals surface area contributed by atoms with Gasteiger partial charge in [-0.25, -0.2) is 0 Å². The van der Waals surface area contributed by atoms with Gasteiger partial charge in [-0.3, -0.25) is 5.43 Å². The first kappa shape index (κ1) is 13.7. The lowest BCUT2D eigenvalue weighted by Gasteiger charge is -2.11. The lowest BCUT2D eigenvalue weighted by atomic mass is 9.99. The van der Waals surface area contributed by atoms with E-state index in [1.165, 1.54) is 0 Å². The number of hydrogen-bond acceptors (Lipinski definition) is 4. The minimum atomic E-state index is 0.906. The molecule has 23 heavy (non-hydrogen) atoms. The summed E-state index contributed by atoms with van der Waals surface area (Å²) >= 11 is 0. The summed E-state index contributed by atoms with van der Waals surface area (Å²) in [6.45, 7) is 0. The summed E-state index contributed by atoms with van der Waals surface area (Å²) in [5, 5.41) is 13.8. The van der Waals surface area contributed by atoms with Crippen LogP contribution in [0.15, 0.2) is 65.8 Å². The Hall–Kier alpha value is -2.95. The summed E-state index contributed by atoms with van der Waals surface area (Å²) in [7, 11) is 0. The highest BCUT2D eigenvalue weighted by Crippen LogP contribution is 2.20. The van der Waals surface area contributed by atoms with E-state index in [1.54, 1.807) is 4.80 Å². The molecule has 0 saturated carbocycles. The van der Waals surface area contributed by atoms with Crippen molar-refractivity contribution in [3.05, 3.63) is 72.1 Å². The van der Waals surface area contributed by atoms with Crippen LogP contribution in [-0.4, -0.2) is 20.7 Å². The fourth-order valence-electron chi connectivity index (χ4n) is 2.70. The maximum atomic E-state index is 4.65. The molecule has 1 aliphatic carbocycles. The number of rotatable bonds is 3. The standard InChI is InChI=1S/C18H17N5/c1-3-8-14(9-4-1)19-20-16-12-7-13-17-18(16)22-23(21-17)15-10-5-2-6-11-15/h1-6,8-11,19H,7,12-13H2. The molecule has 0 saturated heterocycles. The Kier molecular flexibility index (Phi) is 3.60. The Bertz CT molecular complexity index is 821. The van der Waals surface area contributed by atoms with Crippen LogP contribution in [0.2, 0.25) is 0 Å². The van der Waals surface area contributed by atoms with E-state index in [0.29, 0.717) is 0 Å². The van der Waals surface area contributed by atoms with Crippen molar-refractivity contribution in [3.8, 4) is 5.69 Å². The van der Waals surface area contributed by atoms with Gasteiger partial charge < -0.3 is 0 Å². The summed E-state index contributed by atoms with van der Waals surface area (Å²) in [5.74, 6) is 0. The second-order valence-electron chi connectivity index (χ2n) is 5.51. The van der Waals surface area contributed by atoms with Crippen molar-refractivity contribution in [1.82, 2.24) is 15.0 Å². The van der Waals surface area contributed by atoms with Crippen LogP contribution in [0.5, 0.6) is 0 Å². The molecule has 1 N–H and O–H groups in total. The van der Waals surface area contributed by atoms with Gasteiger partial charge in [0.25, 0.3) is 0 Å². The van der Waals surface area contributed by atoms with Crippen LogP contribution in [0.4, 0.5) is 5.69 Å². The van der Waals surface area contributed by atoms with Gasteiger partial charge in [0.2, 0.25) is 0 Å². The molecule has 114 valence electrons. The summed E-state index contributed by atoms with van der Waals surface area (Å²) in [6, 6.07) is 19.9. The van der Waals surface area contributed by atoms with Crippen molar-refractivity contribution in [2.24, 2.45) is 5.10 Å². The van der Waals surface area contributed by atoms with Gasteiger partial charge in [0.05, 0.1) is 22.8 Å². The Balaban J connectivity index is 1.64. The Labute approximate surface area is 134 Å². The highest BCUT2D eigenvalue weighted by atomic mass is 15.5. The van der Waals surface area contributed by atoms with E-state index in [0.717, 1.165) is 47.7 Å². The predicted molar refractivity (Wildman–Crippen MR) is 90.9 cm³/mol. The van der Waals surface area contributed by atoms with Crippen molar-refractivity contribution in [3.63, 3.8) is 0 Å². The van der Waals surface area contributed by atoms with Gasteiger partial charge in [-0.1, -0.05) is 36.4 Å². The zero-order valence-electron chi connectivity index (χ0n) is 12.7. The molecule has 0 spiro atoms. The number of aryl methyl sites for hydroxylation is 1. The lowest BCUT2D eigenvalue weighted by molar-refractivity contribution is 0.731. The Morgan fingerprint density at radius 3 is 2.39 bits per heavy atom. The summed E-state index contributed by atoms with van der Waals surface area (Å²) < 4.78 is 0. The largest absolute Gasteiger partial charge is 0.278 e. The van der Waals surface area contributed by atoms with Crippen LogP contribution in [0.1, 0.15) is 24.2 Å². The summed E-state index contributed by atoms with van der Waals surface area (Å²) in [6.07, 6.45) is 2.92. The average molecular weight is 303 g/mol. The Morgan fingerprint density at radius 1 is 0.870 bits per heavy atom. The second-order valence-corrected chi connectivity index (χ2v) is 5.51. The van der Waals surface area contributed by atoms with E-state index < -0.39 is 0 Å². The quantitative estimate of drug-likeness (QED) is 0.754. The van der Waals surface area contributed by atoms with E-state index in [2.05, 4.69) is 20.7 Å². The minimum Gasteiger partial charge on any atom is -0.278 e. The molecule has 5 heteroatoms. The molecule has 0 unspecified atom stereocenters. The normalized spacial score (nSPS) is 15.4.